The Hall–Kier alpha value is -0.820. The summed E-state index contributed by atoms with van der Waals surface area (Å²) in [4.78, 5) is 0. The summed E-state index contributed by atoms with van der Waals surface area (Å²) in [5, 5.41) is 3.87. The highest BCUT2D eigenvalue weighted by molar-refractivity contribution is 5.23. The second-order valence-corrected chi connectivity index (χ2v) is 8.58. The van der Waals surface area contributed by atoms with Crippen LogP contribution in [-0.2, 0) is 12.8 Å². The fourth-order valence-corrected chi connectivity index (χ4v) is 4.24. The molecule has 0 bridgehead atoms. The van der Waals surface area contributed by atoms with E-state index in [4.69, 9.17) is 0 Å². The standard InChI is InChI=1S/C24H41N/c1-4-5-6-7-8-9-13-22-14-16-23(17-15-22)18-20-25-24(3)19-11-10-12-21(24)2/h14-17,21,25H,4-13,18-20H2,1-3H3. The van der Waals surface area contributed by atoms with Crippen LogP contribution in [0.15, 0.2) is 24.3 Å². The van der Waals surface area contributed by atoms with E-state index in [-0.39, 0.29) is 0 Å². The van der Waals surface area contributed by atoms with Crippen LogP contribution in [0.5, 0.6) is 0 Å². The lowest BCUT2D eigenvalue weighted by Crippen LogP contribution is -2.50. The van der Waals surface area contributed by atoms with E-state index in [1.165, 1.54) is 81.8 Å². The number of rotatable bonds is 11. The van der Waals surface area contributed by atoms with Crippen LogP contribution >= 0.6 is 0 Å². The first-order chi connectivity index (χ1) is 12.1. The van der Waals surface area contributed by atoms with Gasteiger partial charge in [0.1, 0.15) is 0 Å². The maximum atomic E-state index is 3.87. The van der Waals surface area contributed by atoms with Gasteiger partial charge in [-0.2, -0.15) is 0 Å². The van der Waals surface area contributed by atoms with Crippen molar-refractivity contribution < 1.29 is 0 Å². The highest BCUT2D eigenvalue weighted by Crippen LogP contribution is 2.33. The molecular weight excluding hydrogens is 302 g/mol. The summed E-state index contributed by atoms with van der Waals surface area (Å²) in [6.45, 7) is 8.24. The molecule has 2 rings (SSSR count). The first kappa shape index (κ1) is 20.5. The van der Waals surface area contributed by atoms with E-state index >= 15 is 0 Å². The molecule has 0 spiro atoms. The maximum Gasteiger partial charge on any atom is 0.0179 e. The minimum absolute atomic E-state index is 0.357. The highest BCUT2D eigenvalue weighted by Gasteiger charge is 2.32. The van der Waals surface area contributed by atoms with Gasteiger partial charge in [0.05, 0.1) is 0 Å². The average Bonchev–Trinajstić information content (AvgIpc) is 2.62. The first-order valence-electron chi connectivity index (χ1n) is 11.0. The van der Waals surface area contributed by atoms with Gasteiger partial charge in [0.25, 0.3) is 0 Å². The lowest BCUT2D eigenvalue weighted by Gasteiger charge is -2.40. The van der Waals surface area contributed by atoms with Crippen LogP contribution in [0.4, 0.5) is 0 Å². The Morgan fingerprint density at radius 1 is 0.920 bits per heavy atom. The van der Waals surface area contributed by atoms with Crippen LogP contribution < -0.4 is 5.32 Å². The number of aryl methyl sites for hydroxylation is 1. The molecule has 0 heterocycles. The van der Waals surface area contributed by atoms with Gasteiger partial charge in [-0.15, -0.1) is 0 Å². The molecule has 0 radical (unpaired) electrons. The van der Waals surface area contributed by atoms with E-state index in [0.29, 0.717) is 5.54 Å². The second-order valence-electron chi connectivity index (χ2n) is 8.58. The Labute approximate surface area is 157 Å². The van der Waals surface area contributed by atoms with E-state index in [1.54, 1.807) is 0 Å². The van der Waals surface area contributed by atoms with Crippen LogP contribution in [0.3, 0.4) is 0 Å². The lowest BCUT2D eigenvalue weighted by molar-refractivity contribution is 0.175. The predicted molar refractivity (Wildman–Crippen MR) is 111 cm³/mol. The monoisotopic (exact) mass is 343 g/mol. The van der Waals surface area contributed by atoms with Gasteiger partial charge in [-0.3, -0.25) is 0 Å². The molecular formula is C24H41N. The van der Waals surface area contributed by atoms with E-state index in [2.05, 4.69) is 50.4 Å². The van der Waals surface area contributed by atoms with Crippen molar-refractivity contribution in [3.63, 3.8) is 0 Å². The molecule has 1 heteroatoms. The van der Waals surface area contributed by atoms with Crippen molar-refractivity contribution in [1.29, 1.82) is 0 Å². The molecule has 1 aliphatic rings. The minimum atomic E-state index is 0.357. The molecule has 1 saturated carbocycles. The van der Waals surface area contributed by atoms with Gasteiger partial charge in [0.15, 0.2) is 0 Å². The quantitative estimate of drug-likeness (QED) is 0.441. The zero-order valence-corrected chi connectivity index (χ0v) is 17.1. The summed E-state index contributed by atoms with van der Waals surface area (Å²) in [7, 11) is 0. The lowest BCUT2D eigenvalue weighted by atomic mass is 9.75. The van der Waals surface area contributed by atoms with Gasteiger partial charge in [-0.25, -0.2) is 0 Å². The molecule has 1 N–H and O–H groups in total. The van der Waals surface area contributed by atoms with E-state index in [1.807, 2.05) is 0 Å². The normalized spacial score (nSPS) is 23.7. The maximum absolute atomic E-state index is 3.87. The number of nitrogens with one attached hydrogen (secondary N) is 1. The summed E-state index contributed by atoms with van der Waals surface area (Å²) >= 11 is 0. The molecule has 0 aromatic heterocycles. The van der Waals surface area contributed by atoms with Crippen molar-refractivity contribution >= 4 is 0 Å². The molecule has 0 aliphatic heterocycles. The van der Waals surface area contributed by atoms with Crippen molar-refractivity contribution in [2.75, 3.05) is 6.54 Å². The molecule has 0 amide bonds. The van der Waals surface area contributed by atoms with Crippen molar-refractivity contribution in [1.82, 2.24) is 5.32 Å². The molecule has 0 saturated heterocycles. The summed E-state index contributed by atoms with van der Waals surface area (Å²) in [6, 6.07) is 9.40. The van der Waals surface area contributed by atoms with Gasteiger partial charge in [0.2, 0.25) is 0 Å². The van der Waals surface area contributed by atoms with Crippen molar-refractivity contribution in [2.45, 2.75) is 103 Å². The number of benzene rings is 1. The third kappa shape index (κ3) is 7.13. The van der Waals surface area contributed by atoms with Gasteiger partial charge in [0, 0.05) is 5.54 Å². The van der Waals surface area contributed by atoms with Crippen LogP contribution in [0.1, 0.15) is 96.1 Å². The molecule has 142 valence electrons. The number of hydrogen-bond donors (Lipinski definition) is 1. The zero-order valence-electron chi connectivity index (χ0n) is 17.1. The third-order valence-corrected chi connectivity index (χ3v) is 6.46. The molecule has 1 aliphatic carbocycles. The first-order valence-corrected chi connectivity index (χ1v) is 11.0. The van der Waals surface area contributed by atoms with Gasteiger partial charge in [-0.1, -0.05) is 83.1 Å². The van der Waals surface area contributed by atoms with E-state index in [0.717, 1.165) is 18.9 Å². The fraction of sp³-hybridized carbons (Fsp3) is 0.750. The van der Waals surface area contributed by atoms with Crippen LogP contribution in [0.25, 0.3) is 0 Å². The SMILES string of the molecule is CCCCCCCCc1ccc(CCNC2(C)CCCCC2C)cc1. The molecule has 1 aromatic carbocycles. The smallest absolute Gasteiger partial charge is 0.0179 e. The number of hydrogen-bond acceptors (Lipinski definition) is 1. The summed E-state index contributed by atoms with van der Waals surface area (Å²) in [5.41, 5.74) is 3.35. The molecule has 25 heavy (non-hydrogen) atoms. The number of unbranched alkanes of at least 4 members (excludes halogenated alkanes) is 5. The summed E-state index contributed by atoms with van der Waals surface area (Å²) < 4.78 is 0. The molecule has 2 atom stereocenters. The third-order valence-electron chi connectivity index (χ3n) is 6.46. The van der Waals surface area contributed by atoms with E-state index in [9.17, 15) is 0 Å². The predicted octanol–water partition coefficient (Wildman–Crippen LogP) is 6.69. The Morgan fingerprint density at radius 3 is 2.24 bits per heavy atom. The highest BCUT2D eigenvalue weighted by atomic mass is 15.0. The topological polar surface area (TPSA) is 12.0 Å². The Kier molecular flexibility index (Phi) is 9.03. The van der Waals surface area contributed by atoms with Gasteiger partial charge >= 0.3 is 0 Å². The van der Waals surface area contributed by atoms with Gasteiger partial charge < -0.3 is 5.32 Å². The summed E-state index contributed by atoms with van der Waals surface area (Å²) in [5.74, 6) is 0.806. The van der Waals surface area contributed by atoms with Crippen LogP contribution in [-0.4, -0.2) is 12.1 Å². The van der Waals surface area contributed by atoms with Gasteiger partial charge in [-0.05, 0) is 62.6 Å². The fourth-order valence-electron chi connectivity index (χ4n) is 4.24. The van der Waals surface area contributed by atoms with Crippen LogP contribution in [0.2, 0.25) is 0 Å². The molecule has 1 nitrogen and oxygen atoms in total. The summed E-state index contributed by atoms with van der Waals surface area (Å²) in [6.07, 6.45) is 16.2. The Balaban J connectivity index is 1.64. The van der Waals surface area contributed by atoms with Crippen molar-refractivity contribution in [3.05, 3.63) is 35.4 Å². The van der Waals surface area contributed by atoms with Crippen molar-refractivity contribution in [3.8, 4) is 0 Å². The molecule has 2 unspecified atom stereocenters. The van der Waals surface area contributed by atoms with Crippen LogP contribution in [0, 0.1) is 5.92 Å². The average molecular weight is 344 g/mol. The largest absolute Gasteiger partial charge is 0.311 e. The second kappa shape index (κ2) is 11.0. The Morgan fingerprint density at radius 2 is 1.56 bits per heavy atom. The minimum Gasteiger partial charge on any atom is -0.311 e. The van der Waals surface area contributed by atoms with E-state index < -0.39 is 0 Å². The zero-order chi connectivity index (χ0) is 18.0. The molecule has 1 aromatic rings. The Bertz CT molecular complexity index is 463. The van der Waals surface area contributed by atoms with Crippen molar-refractivity contribution in [2.24, 2.45) is 5.92 Å². The molecule has 1 fully saturated rings.